The molecule has 116 valence electrons. The van der Waals surface area contributed by atoms with E-state index in [1.165, 1.54) is 19.2 Å². The van der Waals surface area contributed by atoms with Crippen LogP contribution in [0, 0.1) is 0 Å². The Labute approximate surface area is 124 Å². The van der Waals surface area contributed by atoms with Crippen LogP contribution < -0.4 is 4.72 Å². The lowest BCUT2D eigenvalue weighted by Gasteiger charge is -2.22. The average molecular weight is 313 g/mol. The van der Waals surface area contributed by atoms with E-state index in [0.717, 1.165) is 0 Å². The quantitative estimate of drug-likeness (QED) is 0.815. The van der Waals surface area contributed by atoms with Crippen LogP contribution in [0.1, 0.15) is 18.4 Å². The monoisotopic (exact) mass is 313 g/mol. The summed E-state index contributed by atoms with van der Waals surface area (Å²) in [5.74, 6) is -0.356. The maximum atomic E-state index is 12.2. The minimum atomic E-state index is -3.53. The van der Waals surface area contributed by atoms with Crippen molar-refractivity contribution in [2.24, 2.45) is 0 Å². The molecule has 6 nitrogen and oxygen atoms in total. The molecule has 0 aromatic heterocycles. The minimum absolute atomic E-state index is 0.0847. The topological polar surface area (TPSA) is 81.7 Å². The van der Waals surface area contributed by atoms with Crippen LogP contribution in [-0.2, 0) is 30.7 Å². The van der Waals surface area contributed by atoms with Gasteiger partial charge in [0.25, 0.3) is 0 Å². The van der Waals surface area contributed by atoms with Crippen LogP contribution in [0.4, 0.5) is 0 Å². The number of hydrogen-bond acceptors (Lipinski definition) is 5. The fourth-order valence-electron chi connectivity index (χ4n) is 2.13. The fraction of sp³-hybridized carbons (Fsp3) is 0.500. The molecule has 0 bridgehead atoms. The van der Waals surface area contributed by atoms with E-state index in [4.69, 9.17) is 4.74 Å². The summed E-state index contributed by atoms with van der Waals surface area (Å²) in [4.78, 5) is 11.4. The van der Waals surface area contributed by atoms with Gasteiger partial charge >= 0.3 is 5.97 Å². The number of hydrogen-bond donors (Lipinski definition) is 1. The number of esters is 1. The third-order valence-electron chi connectivity index (χ3n) is 3.35. The molecule has 0 radical (unpaired) electrons. The predicted octanol–water partition coefficient (Wildman–Crippen LogP) is 0.859. The highest BCUT2D eigenvalue weighted by atomic mass is 32.2. The summed E-state index contributed by atoms with van der Waals surface area (Å²) in [6.45, 7) is 1.15. The number of sulfonamides is 1. The largest absolute Gasteiger partial charge is 0.469 e. The van der Waals surface area contributed by atoms with Gasteiger partial charge in [-0.15, -0.1) is 0 Å². The first-order chi connectivity index (χ1) is 10.0. The van der Waals surface area contributed by atoms with Crippen molar-refractivity contribution in [2.45, 2.75) is 30.2 Å². The van der Waals surface area contributed by atoms with Crippen LogP contribution in [-0.4, -0.2) is 40.8 Å². The minimum Gasteiger partial charge on any atom is -0.469 e. The van der Waals surface area contributed by atoms with Crippen LogP contribution in [0.2, 0.25) is 0 Å². The number of rotatable bonds is 5. The Morgan fingerprint density at radius 1 is 1.29 bits per heavy atom. The van der Waals surface area contributed by atoms with Crippen molar-refractivity contribution in [2.75, 3.05) is 20.3 Å². The van der Waals surface area contributed by atoms with Gasteiger partial charge in [-0.1, -0.05) is 12.1 Å². The zero-order valence-electron chi connectivity index (χ0n) is 11.9. The molecular formula is C14H19NO5S. The highest BCUT2D eigenvalue weighted by Gasteiger charge is 2.22. The van der Waals surface area contributed by atoms with E-state index in [1.807, 2.05) is 0 Å². The highest BCUT2D eigenvalue weighted by molar-refractivity contribution is 7.89. The van der Waals surface area contributed by atoms with Crippen LogP contribution >= 0.6 is 0 Å². The molecule has 0 saturated carbocycles. The Hall–Kier alpha value is -1.44. The number of methoxy groups -OCH3 is 1. The van der Waals surface area contributed by atoms with E-state index >= 15 is 0 Å². The molecule has 1 aromatic rings. The van der Waals surface area contributed by atoms with E-state index in [9.17, 15) is 13.2 Å². The van der Waals surface area contributed by atoms with Crippen LogP contribution in [0.25, 0.3) is 0 Å². The molecule has 0 spiro atoms. The van der Waals surface area contributed by atoms with E-state index in [2.05, 4.69) is 9.46 Å². The van der Waals surface area contributed by atoms with Gasteiger partial charge in [0, 0.05) is 19.3 Å². The molecule has 1 aromatic carbocycles. The highest BCUT2D eigenvalue weighted by Crippen LogP contribution is 2.15. The SMILES string of the molecule is COC(=O)Cc1ccc(S(=O)(=O)NC2CCOCC2)cc1. The van der Waals surface area contributed by atoms with Gasteiger partial charge in [-0.3, -0.25) is 4.79 Å². The smallest absolute Gasteiger partial charge is 0.309 e. The number of carbonyl (C=O) groups excluding carboxylic acids is 1. The van der Waals surface area contributed by atoms with Crippen molar-refractivity contribution in [3.8, 4) is 0 Å². The molecule has 1 fully saturated rings. The van der Waals surface area contributed by atoms with Gasteiger partial charge in [-0.05, 0) is 30.5 Å². The molecule has 1 saturated heterocycles. The first-order valence-corrected chi connectivity index (χ1v) is 8.25. The van der Waals surface area contributed by atoms with Gasteiger partial charge < -0.3 is 9.47 Å². The zero-order chi connectivity index (χ0) is 15.3. The number of benzene rings is 1. The summed E-state index contributed by atoms with van der Waals surface area (Å²) >= 11 is 0. The predicted molar refractivity (Wildman–Crippen MR) is 76.3 cm³/mol. The number of carbonyl (C=O) groups is 1. The third kappa shape index (κ3) is 4.52. The van der Waals surface area contributed by atoms with Gasteiger partial charge in [0.2, 0.25) is 10.0 Å². The van der Waals surface area contributed by atoms with Gasteiger partial charge in [0.15, 0.2) is 0 Å². The van der Waals surface area contributed by atoms with Crippen LogP contribution in [0.15, 0.2) is 29.2 Å². The Bertz CT molecular complexity index is 576. The van der Waals surface area contributed by atoms with E-state index in [1.54, 1.807) is 12.1 Å². The zero-order valence-corrected chi connectivity index (χ0v) is 12.7. The average Bonchev–Trinajstić information content (AvgIpc) is 2.48. The molecule has 0 atom stereocenters. The lowest BCUT2D eigenvalue weighted by molar-refractivity contribution is -0.139. The molecule has 2 rings (SSSR count). The number of ether oxygens (including phenoxy) is 2. The van der Waals surface area contributed by atoms with Gasteiger partial charge in [0.05, 0.1) is 18.4 Å². The normalized spacial score (nSPS) is 16.6. The summed E-state index contributed by atoms with van der Waals surface area (Å²) in [6.07, 6.45) is 1.49. The molecule has 0 amide bonds. The van der Waals surface area contributed by atoms with E-state index in [-0.39, 0.29) is 23.3 Å². The molecule has 0 aliphatic carbocycles. The van der Waals surface area contributed by atoms with Crippen LogP contribution in [0.5, 0.6) is 0 Å². The molecule has 21 heavy (non-hydrogen) atoms. The third-order valence-corrected chi connectivity index (χ3v) is 4.89. The van der Waals surface area contributed by atoms with Gasteiger partial charge in [-0.2, -0.15) is 0 Å². The maximum absolute atomic E-state index is 12.2. The van der Waals surface area contributed by atoms with Crippen molar-refractivity contribution in [1.29, 1.82) is 0 Å². The molecular weight excluding hydrogens is 294 g/mol. The lowest BCUT2D eigenvalue weighted by Crippen LogP contribution is -2.38. The van der Waals surface area contributed by atoms with E-state index < -0.39 is 10.0 Å². The lowest BCUT2D eigenvalue weighted by atomic mass is 10.1. The summed E-state index contributed by atoms with van der Waals surface area (Å²) in [7, 11) is -2.21. The van der Waals surface area contributed by atoms with Gasteiger partial charge in [0.1, 0.15) is 0 Å². The Kier molecular flexibility index (Phi) is 5.33. The van der Waals surface area contributed by atoms with Crippen molar-refractivity contribution in [1.82, 2.24) is 4.72 Å². The second-order valence-electron chi connectivity index (χ2n) is 4.90. The Morgan fingerprint density at radius 2 is 1.90 bits per heavy atom. The molecule has 0 unspecified atom stereocenters. The maximum Gasteiger partial charge on any atom is 0.309 e. The Balaban J connectivity index is 2.04. The van der Waals surface area contributed by atoms with Crippen LogP contribution in [0.3, 0.4) is 0 Å². The van der Waals surface area contributed by atoms with Crippen molar-refractivity contribution < 1.29 is 22.7 Å². The summed E-state index contributed by atoms with van der Waals surface area (Å²) < 4.78 is 37.0. The summed E-state index contributed by atoms with van der Waals surface area (Å²) in [6, 6.07) is 6.16. The number of nitrogens with one attached hydrogen (secondary N) is 1. The molecule has 1 aliphatic heterocycles. The fourth-order valence-corrected chi connectivity index (χ4v) is 3.43. The van der Waals surface area contributed by atoms with Gasteiger partial charge in [-0.25, -0.2) is 13.1 Å². The second-order valence-corrected chi connectivity index (χ2v) is 6.62. The molecule has 1 aliphatic rings. The van der Waals surface area contributed by atoms with Crippen molar-refractivity contribution in [3.05, 3.63) is 29.8 Å². The second kappa shape index (κ2) is 7.02. The van der Waals surface area contributed by atoms with E-state index in [0.29, 0.717) is 31.6 Å². The van der Waals surface area contributed by atoms with Crippen molar-refractivity contribution in [3.63, 3.8) is 0 Å². The first kappa shape index (κ1) is 15.9. The van der Waals surface area contributed by atoms with Crippen molar-refractivity contribution >= 4 is 16.0 Å². The molecule has 7 heteroatoms. The summed E-state index contributed by atoms with van der Waals surface area (Å²) in [5, 5.41) is 0. The molecule has 1 N–H and O–H groups in total. The first-order valence-electron chi connectivity index (χ1n) is 6.77. The summed E-state index contributed by atoms with van der Waals surface area (Å²) in [5.41, 5.74) is 0.715. The Morgan fingerprint density at radius 3 is 2.48 bits per heavy atom. The molecule has 1 heterocycles. The standard InChI is InChI=1S/C14H19NO5S/c1-19-14(16)10-11-2-4-13(5-3-11)21(17,18)15-12-6-8-20-9-7-12/h2-5,12,15H,6-10H2,1H3.